The van der Waals surface area contributed by atoms with Crippen LogP contribution < -0.4 is 14.8 Å². The molecule has 0 radical (unpaired) electrons. The van der Waals surface area contributed by atoms with Gasteiger partial charge in [0, 0.05) is 18.5 Å². The van der Waals surface area contributed by atoms with E-state index in [0.717, 1.165) is 41.5 Å². The molecular weight excluding hydrogens is 254 g/mol. The maximum atomic E-state index is 5.69. The van der Waals surface area contributed by atoms with E-state index in [0.29, 0.717) is 13.2 Å². The number of fused-ring (bicyclic) bond motifs is 1. The van der Waals surface area contributed by atoms with Crippen LogP contribution in [0, 0.1) is 0 Å². The van der Waals surface area contributed by atoms with Crippen LogP contribution in [0.2, 0.25) is 0 Å². The number of anilines is 1. The molecule has 3 rings (SSSR count). The molecule has 1 aliphatic heterocycles. The Labute approximate surface area is 117 Å². The van der Waals surface area contributed by atoms with Crippen LogP contribution in [0.4, 0.5) is 5.82 Å². The van der Waals surface area contributed by atoms with Crippen molar-refractivity contribution in [3.05, 3.63) is 30.3 Å². The molecule has 1 N–H and O–H groups in total. The molecule has 1 aromatic heterocycles. The largest absolute Gasteiger partial charge is 0.490 e. The standard InChI is InChI=1S/C15H17N3O2/c1-2-16-15-7-5-12(17-18-15)11-4-6-13-14(10-11)20-9-3-8-19-13/h4-7,10H,2-3,8-9H2,1H3,(H,16,18). The highest BCUT2D eigenvalue weighted by molar-refractivity contribution is 5.64. The molecule has 5 nitrogen and oxygen atoms in total. The fourth-order valence-corrected chi connectivity index (χ4v) is 2.08. The predicted molar refractivity (Wildman–Crippen MR) is 77.2 cm³/mol. The van der Waals surface area contributed by atoms with Crippen molar-refractivity contribution in [3.63, 3.8) is 0 Å². The first kappa shape index (κ1) is 12.7. The summed E-state index contributed by atoms with van der Waals surface area (Å²) in [5.41, 5.74) is 1.80. The number of nitrogens with one attached hydrogen (secondary N) is 1. The second-order valence-corrected chi connectivity index (χ2v) is 4.55. The lowest BCUT2D eigenvalue weighted by atomic mass is 10.1. The van der Waals surface area contributed by atoms with Crippen LogP contribution in [0.1, 0.15) is 13.3 Å². The Morgan fingerprint density at radius 1 is 1.05 bits per heavy atom. The third-order valence-electron chi connectivity index (χ3n) is 3.07. The summed E-state index contributed by atoms with van der Waals surface area (Å²) in [6, 6.07) is 9.73. The summed E-state index contributed by atoms with van der Waals surface area (Å²) in [5, 5.41) is 11.5. The van der Waals surface area contributed by atoms with E-state index in [4.69, 9.17) is 9.47 Å². The number of rotatable bonds is 3. The van der Waals surface area contributed by atoms with E-state index < -0.39 is 0 Å². The van der Waals surface area contributed by atoms with Gasteiger partial charge in [-0.05, 0) is 37.3 Å². The van der Waals surface area contributed by atoms with E-state index in [9.17, 15) is 0 Å². The van der Waals surface area contributed by atoms with Crippen LogP contribution in [0.3, 0.4) is 0 Å². The Bertz CT molecular complexity index is 584. The van der Waals surface area contributed by atoms with Crippen molar-refractivity contribution in [1.82, 2.24) is 10.2 Å². The maximum Gasteiger partial charge on any atom is 0.161 e. The number of hydrogen-bond donors (Lipinski definition) is 1. The zero-order valence-electron chi connectivity index (χ0n) is 11.4. The molecule has 1 aromatic carbocycles. The van der Waals surface area contributed by atoms with Gasteiger partial charge in [-0.3, -0.25) is 0 Å². The van der Waals surface area contributed by atoms with Crippen LogP contribution in [0.15, 0.2) is 30.3 Å². The lowest BCUT2D eigenvalue weighted by molar-refractivity contribution is 0.297. The van der Waals surface area contributed by atoms with Crippen molar-refractivity contribution in [2.75, 3.05) is 25.1 Å². The van der Waals surface area contributed by atoms with Gasteiger partial charge < -0.3 is 14.8 Å². The van der Waals surface area contributed by atoms with Gasteiger partial charge in [0.05, 0.1) is 18.9 Å². The first-order valence-electron chi connectivity index (χ1n) is 6.84. The van der Waals surface area contributed by atoms with E-state index in [-0.39, 0.29) is 0 Å². The molecule has 0 atom stereocenters. The molecular formula is C15H17N3O2. The molecule has 0 amide bonds. The van der Waals surface area contributed by atoms with Gasteiger partial charge in [0.2, 0.25) is 0 Å². The Morgan fingerprint density at radius 3 is 2.65 bits per heavy atom. The number of ether oxygens (including phenoxy) is 2. The summed E-state index contributed by atoms with van der Waals surface area (Å²) in [7, 11) is 0. The Morgan fingerprint density at radius 2 is 1.90 bits per heavy atom. The Hall–Kier alpha value is -2.30. The predicted octanol–water partition coefficient (Wildman–Crippen LogP) is 2.74. The summed E-state index contributed by atoms with van der Waals surface area (Å²) < 4.78 is 11.3. The zero-order valence-corrected chi connectivity index (χ0v) is 11.4. The topological polar surface area (TPSA) is 56.3 Å². The minimum atomic E-state index is 0.682. The summed E-state index contributed by atoms with van der Waals surface area (Å²) in [6.45, 7) is 4.24. The summed E-state index contributed by atoms with van der Waals surface area (Å²) in [4.78, 5) is 0. The average molecular weight is 271 g/mol. The van der Waals surface area contributed by atoms with Crippen LogP contribution in [0.5, 0.6) is 11.5 Å². The monoisotopic (exact) mass is 271 g/mol. The first-order chi connectivity index (χ1) is 9.86. The summed E-state index contributed by atoms with van der Waals surface area (Å²) in [5.74, 6) is 2.35. The van der Waals surface area contributed by atoms with Gasteiger partial charge in [-0.2, -0.15) is 0 Å². The van der Waals surface area contributed by atoms with E-state index in [1.54, 1.807) is 0 Å². The molecule has 0 aliphatic carbocycles. The molecule has 2 aromatic rings. The van der Waals surface area contributed by atoms with Gasteiger partial charge in [-0.25, -0.2) is 0 Å². The normalized spacial score (nSPS) is 13.7. The maximum absolute atomic E-state index is 5.69. The minimum Gasteiger partial charge on any atom is -0.490 e. The molecule has 5 heteroatoms. The Balaban J connectivity index is 1.88. The molecule has 104 valence electrons. The van der Waals surface area contributed by atoms with Crippen molar-refractivity contribution >= 4 is 5.82 Å². The number of benzene rings is 1. The summed E-state index contributed by atoms with van der Waals surface area (Å²) >= 11 is 0. The highest BCUT2D eigenvalue weighted by atomic mass is 16.5. The second-order valence-electron chi connectivity index (χ2n) is 4.55. The minimum absolute atomic E-state index is 0.682. The molecule has 0 saturated heterocycles. The van der Waals surface area contributed by atoms with Crippen molar-refractivity contribution in [2.24, 2.45) is 0 Å². The van der Waals surface area contributed by atoms with Gasteiger partial charge in [-0.15, -0.1) is 10.2 Å². The van der Waals surface area contributed by atoms with Crippen LogP contribution in [0.25, 0.3) is 11.3 Å². The number of nitrogens with zero attached hydrogens (tertiary/aromatic N) is 2. The van der Waals surface area contributed by atoms with E-state index in [2.05, 4.69) is 15.5 Å². The SMILES string of the molecule is CCNc1ccc(-c2ccc3c(c2)OCCCO3)nn1. The Kier molecular flexibility index (Phi) is 3.67. The van der Waals surface area contributed by atoms with Gasteiger partial charge in [-0.1, -0.05) is 0 Å². The fourth-order valence-electron chi connectivity index (χ4n) is 2.08. The highest BCUT2D eigenvalue weighted by Gasteiger charge is 2.12. The molecule has 0 unspecified atom stereocenters. The van der Waals surface area contributed by atoms with Crippen molar-refractivity contribution in [3.8, 4) is 22.8 Å². The van der Waals surface area contributed by atoms with E-state index in [1.807, 2.05) is 37.3 Å². The number of aromatic nitrogens is 2. The molecule has 20 heavy (non-hydrogen) atoms. The second kappa shape index (κ2) is 5.77. The quantitative estimate of drug-likeness (QED) is 0.930. The fraction of sp³-hybridized carbons (Fsp3) is 0.333. The van der Waals surface area contributed by atoms with Gasteiger partial charge in [0.15, 0.2) is 11.5 Å². The number of hydrogen-bond acceptors (Lipinski definition) is 5. The first-order valence-corrected chi connectivity index (χ1v) is 6.84. The van der Waals surface area contributed by atoms with Crippen LogP contribution >= 0.6 is 0 Å². The lowest BCUT2D eigenvalue weighted by Gasteiger charge is -2.09. The van der Waals surface area contributed by atoms with Crippen LogP contribution in [-0.4, -0.2) is 30.0 Å². The van der Waals surface area contributed by atoms with Gasteiger partial charge in [0.1, 0.15) is 5.82 Å². The van der Waals surface area contributed by atoms with Gasteiger partial charge in [0.25, 0.3) is 0 Å². The summed E-state index contributed by atoms with van der Waals surface area (Å²) in [6.07, 6.45) is 0.904. The van der Waals surface area contributed by atoms with Gasteiger partial charge >= 0.3 is 0 Å². The zero-order chi connectivity index (χ0) is 13.8. The average Bonchev–Trinajstić information content (AvgIpc) is 2.73. The van der Waals surface area contributed by atoms with Crippen molar-refractivity contribution in [2.45, 2.75) is 13.3 Å². The van der Waals surface area contributed by atoms with Crippen LogP contribution in [-0.2, 0) is 0 Å². The molecule has 0 bridgehead atoms. The van der Waals surface area contributed by atoms with Crippen molar-refractivity contribution in [1.29, 1.82) is 0 Å². The molecule has 0 spiro atoms. The third kappa shape index (κ3) is 2.66. The van der Waals surface area contributed by atoms with E-state index in [1.165, 1.54) is 0 Å². The lowest BCUT2D eigenvalue weighted by Crippen LogP contribution is -2.00. The molecule has 0 saturated carbocycles. The smallest absolute Gasteiger partial charge is 0.161 e. The molecule has 1 aliphatic rings. The molecule has 2 heterocycles. The van der Waals surface area contributed by atoms with E-state index >= 15 is 0 Å². The third-order valence-corrected chi connectivity index (χ3v) is 3.07. The highest BCUT2D eigenvalue weighted by Crippen LogP contribution is 2.33. The van der Waals surface area contributed by atoms with Crippen molar-refractivity contribution < 1.29 is 9.47 Å². The molecule has 0 fully saturated rings.